The molecule has 0 aliphatic rings. The summed E-state index contributed by atoms with van der Waals surface area (Å²) in [6.07, 6.45) is 5.50. The van der Waals surface area contributed by atoms with Crippen molar-refractivity contribution in [2.45, 2.75) is 211 Å². The molecule has 0 radical (unpaired) electrons. The number of halogens is 15. The summed E-state index contributed by atoms with van der Waals surface area (Å²) in [5, 5.41) is 17.0. The summed E-state index contributed by atoms with van der Waals surface area (Å²) in [5.41, 5.74) is 0.137. The SMILES string of the molecule is CC(C)(C)c1c(F)c(F)c(C#N)c(F)c1F.CC(C)(C)c1c(F)c(F)c(F)c(F)c1F.CC(C)(C)c1ccccn1.CC(C)(C)c1ccncc1.Cc1c(F)nc(F)c(F)c1C(C)(C)C.Cc1cc(C)c(C(C)(C)C)c(C)c1.[C-]#[N+]c1c(F)c(C#N)c(F)c(C(C)(C)C)c1F. The second-order valence-corrected chi connectivity index (χ2v) is 29.3. The molecule has 3 aromatic heterocycles. The van der Waals surface area contributed by atoms with E-state index in [1.165, 1.54) is 103 Å². The first-order valence-corrected chi connectivity index (χ1v) is 29.6. The number of benzene rings is 4. The quantitative estimate of drug-likeness (QED) is 0.0496. The highest BCUT2D eigenvalue weighted by molar-refractivity contribution is 5.58. The molecule has 0 unspecified atom stereocenters. The fourth-order valence-electron chi connectivity index (χ4n) is 9.66. The average molecular weight is 1340 g/mol. The predicted molar refractivity (Wildman–Crippen MR) is 343 cm³/mol. The number of hydrogen-bond acceptors (Lipinski definition) is 5. The number of pyridine rings is 3. The summed E-state index contributed by atoms with van der Waals surface area (Å²) in [5.74, 6) is -23.1. The normalized spacial score (nSPS) is 11.5. The lowest BCUT2D eigenvalue weighted by molar-refractivity contribution is 0.353. The van der Waals surface area contributed by atoms with E-state index in [9.17, 15) is 65.9 Å². The number of hydrogen-bond donors (Lipinski definition) is 0. The minimum Gasteiger partial charge on any atom is -0.265 e. The maximum absolute atomic E-state index is 13.8. The molecule has 0 aliphatic heterocycles. The Morgan fingerprint density at radius 3 is 1.03 bits per heavy atom. The Morgan fingerprint density at radius 2 is 0.726 bits per heavy atom. The highest BCUT2D eigenvalue weighted by atomic mass is 19.2. The van der Waals surface area contributed by atoms with Crippen LogP contribution in [0.25, 0.3) is 4.85 Å². The van der Waals surface area contributed by atoms with Crippen LogP contribution in [0, 0.1) is 144 Å². The Morgan fingerprint density at radius 1 is 0.368 bits per heavy atom. The van der Waals surface area contributed by atoms with Gasteiger partial charge in [-0.05, 0) is 107 Å². The fourth-order valence-corrected chi connectivity index (χ4v) is 9.66. The van der Waals surface area contributed by atoms with E-state index in [-0.39, 0.29) is 27.4 Å². The van der Waals surface area contributed by atoms with Crippen molar-refractivity contribution in [2.75, 3.05) is 0 Å². The topological polar surface area (TPSA) is 90.6 Å². The monoisotopic (exact) mass is 1340 g/mol. The van der Waals surface area contributed by atoms with Crippen LogP contribution in [0.5, 0.6) is 0 Å². The Hall–Kier alpha value is -8.25. The van der Waals surface area contributed by atoms with E-state index in [2.05, 4.69) is 133 Å². The van der Waals surface area contributed by atoms with Crippen LogP contribution in [0.15, 0.2) is 61.1 Å². The zero-order valence-electron chi connectivity index (χ0n) is 58.6. The second-order valence-electron chi connectivity index (χ2n) is 29.3. The summed E-state index contributed by atoms with van der Waals surface area (Å²) in [7, 11) is 0. The van der Waals surface area contributed by atoms with Gasteiger partial charge in [-0.25, -0.2) is 61.9 Å². The summed E-state index contributed by atoms with van der Waals surface area (Å²) < 4.78 is 198. The molecule has 0 amide bonds. The molecule has 95 heavy (non-hydrogen) atoms. The maximum Gasteiger partial charge on any atom is 0.258 e. The highest BCUT2D eigenvalue weighted by Gasteiger charge is 2.35. The molecule has 0 bridgehead atoms. The number of nitriles is 2. The van der Waals surface area contributed by atoms with Crippen LogP contribution < -0.4 is 0 Å². The highest BCUT2D eigenvalue weighted by Crippen LogP contribution is 2.39. The molecule has 0 saturated heterocycles. The molecule has 0 saturated carbocycles. The van der Waals surface area contributed by atoms with Crippen LogP contribution in [-0.4, -0.2) is 15.0 Å². The molecule has 0 N–H and O–H groups in total. The fraction of sp³-hybridized carbons (Fsp3) is 0.432. The van der Waals surface area contributed by atoms with Crippen molar-refractivity contribution in [1.82, 2.24) is 15.0 Å². The first kappa shape index (κ1) is 84.8. The predicted octanol–water partition coefficient (Wildman–Crippen LogP) is 22.7. The Balaban J connectivity index is 0.000000558. The van der Waals surface area contributed by atoms with Gasteiger partial charge in [-0.15, -0.1) is 0 Å². The van der Waals surface area contributed by atoms with Crippen molar-refractivity contribution < 1.29 is 65.9 Å². The first-order chi connectivity index (χ1) is 42.9. The molecule has 0 spiro atoms. The van der Waals surface area contributed by atoms with Crippen molar-refractivity contribution in [3.05, 3.63) is 232 Å². The lowest BCUT2D eigenvalue weighted by Gasteiger charge is -2.24. The molecular formula is C74H85F15N6. The van der Waals surface area contributed by atoms with Crippen molar-refractivity contribution in [1.29, 1.82) is 10.5 Å². The van der Waals surface area contributed by atoms with Gasteiger partial charge in [-0.3, -0.25) is 9.97 Å². The van der Waals surface area contributed by atoms with E-state index in [1.54, 1.807) is 20.8 Å². The van der Waals surface area contributed by atoms with Crippen molar-refractivity contribution in [3.8, 4) is 12.1 Å². The third-order valence-electron chi connectivity index (χ3n) is 13.8. The molecule has 0 fully saturated rings. The van der Waals surface area contributed by atoms with Gasteiger partial charge in [0.05, 0.1) is 6.57 Å². The van der Waals surface area contributed by atoms with Crippen LogP contribution in [0.2, 0.25) is 0 Å². The molecule has 21 heteroatoms. The smallest absolute Gasteiger partial charge is 0.258 e. The standard InChI is InChI=1S/C13H20.C12H9F3N2.C11H9F4N.C10H9F5.C10H12F3N.2C9H13N/c1-9-7-10(2)12(11(3)8-9)13(4,5)6;1-12(2,3)7-8(13)6(5-16)9(14)11(17-4)10(7)15;1-11(2,3)6-9(14)7(12)5(4-16)8(13)10(6)15;1-10(2,3)4-5(11)7(13)9(15)8(14)6(4)12;1-5-6(10(2,3)4)7(11)9(13)14-8(5)12;1-9(2,3)8-4-6-10-7-5-8;1-9(2,3)8-6-4-5-7-10-8/h7-8H,1-6H3;1-3H3;1-3H3;1-3H3;1-4H3;2*4-7H,1-3H3. The lowest BCUT2D eigenvalue weighted by Crippen LogP contribution is -2.20. The van der Waals surface area contributed by atoms with E-state index in [4.69, 9.17) is 17.1 Å². The van der Waals surface area contributed by atoms with Crippen LogP contribution >= 0.6 is 0 Å². The van der Waals surface area contributed by atoms with Gasteiger partial charge in [0.25, 0.3) is 11.6 Å². The van der Waals surface area contributed by atoms with Gasteiger partial charge in [-0.1, -0.05) is 169 Å². The zero-order chi connectivity index (χ0) is 74.6. The van der Waals surface area contributed by atoms with E-state index < -0.39 is 143 Å². The number of nitrogens with zero attached hydrogens (tertiary/aromatic N) is 6. The van der Waals surface area contributed by atoms with E-state index in [1.807, 2.05) is 30.7 Å². The minimum absolute atomic E-state index is 0.0440. The molecule has 0 atom stereocenters. The summed E-state index contributed by atoms with van der Waals surface area (Å²) in [4.78, 5) is 13.7. The maximum atomic E-state index is 13.8. The summed E-state index contributed by atoms with van der Waals surface area (Å²) >= 11 is 0. The second kappa shape index (κ2) is 32.9. The van der Waals surface area contributed by atoms with Gasteiger partial charge in [0.2, 0.25) is 11.8 Å². The molecule has 516 valence electrons. The summed E-state index contributed by atoms with van der Waals surface area (Å²) in [6, 6.07) is 17.1. The Bertz CT molecular complexity index is 3750. The minimum atomic E-state index is -2.13. The first-order valence-electron chi connectivity index (χ1n) is 29.6. The average Bonchev–Trinajstić information content (AvgIpc) is 0.793. The molecule has 6 nitrogen and oxygen atoms in total. The molecule has 7 aromatic rings. The van der Waals surface area contributed by atoms with E-state index in [0.29, 0.717) is 0 Å². The molecule has 4 aromatic carbocycles. The van der Waals surface area contributed by atoms with Crippen LogP contribution in [0.3, 0.4) is 0 Å². The van der Waals surface area contributed by atoms with Gasteiger partial charge in [0.15, 0.2) is 58.2 Å². The van der Waals surface area contributed by atoms with Crippen molar-refractivity contribution >= 4 is 5.69 Å². The molecule has 7 rings (SSSR count). The van der Waals surface area contributed by atoms with Gasteiger partial charge in [0, 0.05) is 57.5 Å². The zero-order valence-corrected chi connectivity index (χ0v) is 58.6. The van der Waals surface area contributed by atoms with Crippen LogP contribution in [0.4, 0.5) is 71.5 Å². The Kier molecular flexibility index (Phi) is 29.4. The van der Waals surface area contributed by atoms with Crippen LogP contribution in [0.1, 0.15) is 218 Å². The van der Waals surface area contributed by atoms with Crippen LogP contribution in [-0.2, 0) is 37.9 Å². The van der Waals surface area contributed by atoms with Crippen molar-refractivity contribution in [3.63, 3.8) is 0 Å². The molecular weight excluding hydrogens is 1260 g/mol. The number of rotatable bonds is 0. The van der Waals surface area contributed by atoms with E-state index >= 15 is 0 Å². The third kappa shape index (κ3) is 22.4. The largest absolute Gasteiger partial charge is 0.265 e. The number of aromatic nitrogens is 3. The third-order valence-corrected chi connectivity index (χ3v) is 13.8. The Labute approximate surface area is 550 Å². The van der Waals surface area contributed by atoms with Gasteiger partial charge in [-0.2, -0.15) is 24.3 Å². The van der Waals surface area contributed by atoms with Crippen molar-refractivity contribution in [2.24, 2.45) is 0 Å². The molecule has 3 heterocycles. The van der Waals surface area contributed by atoms with Gasteiger partial charge < -0.3 is 0 Å². The molecule has 0 aliphatic carbocycles. The lowest BCUT2D eigenvalue weighted by atomic mass is 9.80. The van der Waals surface area contributed by atoms with Gasteiger partial charge in [0.1, 0.15) is 34.9 Å². The summed E-state index contributed by atoms with van der Waals surface area (Å²) in [6.45, 7) is 52.5. The van der Waals surface area contributed by atoms with E-state index in [0.717, 1.165) is 11.8 Å². The van der Waals surface area contributed by atoms with Gasteiger partial charge >= 0.3 is 0 Å². The number of aryl methyl sites for hydroxylation is 3.